The van der Waals surface area contributed by atoms with Crippen molar-refractivity contribution in [3.63, 3.8) is 0 Å². The maximum absolute atomic E-state index is 5.54. The lowest BCUT2D eigenvalue weighted by Crippen LogP contribution is -1.96. The molecule has 0 aliphatic rings. The third kappa shape index (κ3) is 2.64. The molecule has 0 saturated heterocycles. The highest BCUT2D eigenvalue weighted by Gasteiger charge is 1.96. The van der Waals surface area contributed by atoms with Gasteiger partial charge in [-0.3, -0.25) is 4.98 Å². The van der Waals surface area contributed by atoms with E-state index in [0.29, 0.717) is 6.54 Å². The van der Waals surface area contributed by atoms with Gasteiger partial charge in [0.2, 0.25) is 0 Å². The van der Waals surface area contributed by atoms with Crippen LogP contribution in [0.1, 0.15) is 16.8 Å². The fourth-order valence-electron chi connectivity index (χ4n) is 1.51. The van der Waals surface area contributed by atoms with Crippen LogP contribution in [0.4, 0.5) is 0 Å². The molecule has 0 unspecified atom stereocenters. The molecule has 0 aliphatic heterocycles. The zero-order valence-electron chi connectivity index (χ0n) is 8.56. The van der Waals surface area contributed by atoms with Crippen molar-refractivity contribution in [2.45, 2.75) is 13.0 Å². The van der Waals surface area contributed by atoms with Crippen LogP contribution in [0.2, 0.25) is 0 Å². The van der Waals surface area contributed by atoms with Gasteiger partial charge in [-0.25, -0.2) is 0 Å². The SMILES string of the molecule is NCc1ccc(Cc2ccccn2)cc1. The highest BCUT2D eigenvalue weighted by atomic mass is 14.7. The molecule has 0 amide bonds. The molecule has 1 aromatic heterocycles. The summed E-state index contributed by atoms with van der Waals surface area (Å²) in [4.78, 5) is 4.29. The molecule has 2 N–H and O–H groups in total. The highest BCUT2D eigenvalue weighted by Crippen LogP contribution is 2.08. The number of benzene rings is 1. The number of nitrogens with two attached hydrogens (primary N) is 1. The molecule has 2 rings (SSSR count). The molecular weight excluding hydrogens is 184 g/mol. The number of nitrogens with zero attached hydrogens (tertiary/aromatic N) is 1. The molecule has 0 aliphatic carbocycles. The molecule has 0 bridgehead atoms. The van der Waals surface area contributed by atoms with Gasteiger partial charge in [0.15, 0.2) is 0 Å². The normalized spacial score (nSPS) is 10.2. The Kier molecular flexibility index (Phi) is 3.10. The summed E-state index contributed by atoms with van der Waals surface area (Å²) < 4.78 is 0. The molecule has 76 valence electrons. The van der Waals surface area contributed by atoms with Crippen LogP contribution in [0.25, 0.3) is 0 Å². The second kappa shape index (κ2) is 4.71. The quantitative estimate of drug-likeness (QED) is 0.820. The van der Waals surface area contributed by atoms with Crippen molar-refractivity contribution in [3.05, 3.63) is 65.5 Å². The van der Waals surface area contributed by atoms with Crippen molar-refractivity contribution in [3.8, 4) is 0 Å². The smallest absolute Gasteiger partial charge is 0.0447 e. The average Bonchev–Trinajstić information content (AvgIpc) is 2.31. The van der Waals surface area contributed by atoms with Crippen LogP contribution < -0.4 is 5.73 Å². The topological polar surface area (TPSA) is 38.9 Å². The van der Waals surface area contributed by atoms with Gasteiger partial charge in [-0.2, -0.15) is 0 Å². The van der Waals surface area contributed by atoms with E-state index >= 15 is 0 Å². The van der Waals surface area contributed by atoms with Crippen molar-refractivity contribution in [2.24, 2.45) is 5.73 Å². The number of hydrogen-bond donors (Lipinski definition) is 1. The van der Waals surface area contributed by atoms with Gasteiger partial charge in [-0.05, 0) is 23.3 Å². The molecule has 1 aromatic carbocycles. The van der Waals surface area contributed by atoms with E-state index in [4.69, 9.17) is 5.73 Å². The number of hydrogen-bond acceptors (Lipinski definition) is 2. The Morgan fingerprint density at radius 2 is 1.67 bits per heavy atom. The molecule has 0 spiro atoms. The van der Waals surface area contributed by atoms with E-state index in [1.54, 1.807) is 0 Å². The molecule has 2 nitrogen and oxygen atoms in total. The van der Waals surface area contributed by atoms with Gasteiger partial charge >= 0.3 is 0 Å². The number of pyridine rings is 1. The van der Waals surface area contributed by atoms with E-state index in [-0.39, 0.29) is 0 Å². The summed E-state index contributed by atoms with van der Waals surface area (Å²) in [7, 11) is 0. The molecular formula is C13H14N2. The van der Waals surface area contributed by atoms with Crippen molar-refractivity contribution >= 4 is 0 Å². The van der Waals surface area contributed by atoms with Gasteiger partial charge < -0.3 is 5.73 Å². The third-order valence-corrected chi connectivity index (χ3v) is 2.37. The van der Waals surface area contributed by atoms with E-state index in [2.05, 4.69) is 29.2 Å². The summed E-state index contributed by atoms with van der Waals surface area (Å²) in [5.74, 6) is 0. The number of rotatable bonds is 3. The van der Waals surface area contributed by atoms with E-state index in [1.807, 2.05) is 24.4 Å². The predicted octanol–water partition coefficient (Wildman–Crippen LogP) is 2.13. The standard InChI is InChI=1S/C13H14N2/c14-10-12-6-4-11(5-7-12)9-13-3-1-2-8-15-13/h1-8H,9-10,14H2. The van der Waals surface area contributed by atoms with Crippen LogP contribution in [0, 0.1) is 0 Å². The first kappa shape index (κ1) is 9.87. The summed E-state index contributed by atoms with van der Waals surface area (Å²) in [6, 6.07) is 14.3. The summed E-state index contributed by atoms with van der Waals surface area (Å²) in [5.41, 5.74) is 9.07. The molecule has 2 heteroatoms. The zero-order chi connectivity index (χ0) is 10.5. The van der Waals surface area contributed by atoms with Crippen LogP contribution in [-0.2, 0) is 13.0 Å². The van der Waals surface area contributed by atoms with Crippen LogP contribution >= 0.6 is 0 Å². The van der Waals surface area contributed by atoms with E-state index in [1.165, 1.54) is 11.1 Å². The summed E-state index contributed by atoms with van der Waals surface area (Å²) in [5, 5.41) is 0. The maximum atomic E-state index is 5.54. The first-order valence-electron chi connectivity index (χ1n) is 5.06. The molecule has 0 atom stereocenters. The third-order valence-electron chi connectivity index (χ3n) is 2.37. The van der Waals surface area contributed by atoms with Crippen molar-refractivity contribution in [1.29, 1.82) is 0 Å². The predicted molar refractivity (Wildman–Crippen MR) is 61.4 cm³/mol. The molecule has 0 fully saturated rings. The van der Waals surface area contributed by atoms with Crippen LogP contribution in [0.15, 0.2) is 48.7 Å². The maximum Gasteiger partial charge on any atom is 0.0447 e. The first-order valence-corrected chi connectivity index (χ1v) is 5.06. The highest BCUT2D eigenvalue weighted by molar-refractivity contribution is 5.25. The number of aromatic nitrogens is 1. The Bertz CT molecular complexity index is 406. The van der Waals surface area contributed by atoms with Gasteiger partial charge in [0.05, 0.1) is 0 Å². The minimum absolute atomic E-state index is 0.601. The minimum atomic E-state index is 0.601. The molecule has 2 aromatic rings. The van der Waals surface area contributed by atoms with Crippen LogP contribution in [-0.4, -0.2) is 4.98 Å². The van der Waals surface area contributed by atoms with Crippen molar-refractivity contribution < 1.29 is 0 Å². The Labute approximate surface area is 89.8 Å². The molecule has 0 radical (unpaired) electrons. The van der Waals surface area contributed by atoms with Crippen molar-refractivity contribution in [1.82, 2.24) is 4.98 Å². The monoisotopic (exact) mass is 198 g/mol. The first-order chi connectivity index (χ1) is 7.38. The van der Waals surface area contributed by atoms with Gasteiger partial charge in [0.1, 0.15) is 0 Å². The van der Waals surface area contributed by atoms with Gasteiger partial charge in [0, 0.05) is 24.9 Å². The lowest BCUT2D eigenvalue weighted by Gasteiger charge is -2.02. The van der Waals surface area contributed by atoms with Gasteiger partial charge in [0.25, 0.3) is 0 Å². The summed E-state index contributed by atoms with van der Waals surface area (Å²) in [6.45, 7) is 0.601. The van der Waals surface area contributed by atoms with Crippen molar-refractivity contribution in [2.75, 3.05) is 0 Å². The Hall–Kier alpha value is -1.67. The minimum Gasteiger partial charge on any atom is -0.326 e. The molecule has 1 heterocycles. The lowest BCUT2D eigenvalue weighted by molar-refractivity contribution is 1.05. The summed E-state index contributed by atoms with van der Waals surface area (Å²) >= 11 is 0. The Morgan fingerprint density at radius 1 is 0.933 bits per heavy atom. The largest absolute Gasteiger partial charge is 0.326 e. The lowest BCUT2D eigenvalue weighted by atomic mass is 10.1. The fraction of sp³-hybridized carbons (Fsp3) is 0.154. The second-order valence-electron chi connectivity index (χ2n) is 3.52. The average molecular weight is 198 g/mol. The van der Waals surface area contributed by atoms with Gasteiger partial charge in [-0.1, -0.05) is 30.3 Å². The van der Waals surface area contributed by atoms with Crippen LogP contribution in [0.5, 0.6) is 0 Å². The van der Waals surface area contributed by atoms with E-state index < -0.39 is 0 Å². The zero-order valence-corrected chi connectivity index (χ0v) is 8.56. The Morgan fingerprint density at radius 3 is 2.27 bits per heavy atom. The van der Waals surface area contributed by atoms with Crippen LogP contribution in [0.3, 0.4) is 0 Å². The van der Waals surface area contributed by atoms with Gasteiger partial charge in [-0.15, -0.1) is 0 Å². The van der Waals surface area contributed by atoms with E-state index in [9.17, 15) is 0 Å². The molecule has 0 saturated carbocycles. The Balaban J connectivity index is 2.11. The summed E-state index contributed by atoms with van der Waals surface area (Å²) in [6.07, 6.45) is 2.70. The molecule has 15 heavy (non-hydrogen) atoms. The van der Waals surface area contributed by atoms with E-state index in [0.717, 1.165) is 12.1 Å². The fourth-order valence-corrected chi connectivity index (χ4v) is 1.51. The second-order valence-corrected chi connectivity index (χ2v) is 3.52.